The molecule has 1 atom stereocenters. The highest BCUT2D eigenvalue weighted by Gasteiger charge is 2.48. The summed E-state index contributed by atoms with van der Waals surface area (Å²) in [6.45, 7) is 3.83. The van der Waals surface area contributed by atoms with Gasteiger partial charge < -0.3 is 9.52 Å². The number of halogens is 1. The molecule has 0 aliphatic carbocycles. The fraction of sp³-hybridized carbons (Fsp3) is 0.130. The number of aliphatic hydroxyl groups is 1. The van der Waals surface area contributed by atoms with Crippen molar-refractivity contribution in [3.63, 3.8) is 0 Å². The third kappa shape index (κ3) is 3.23. The monoisotopic (exact) mass is 407 g/mol. The number of carbonyl (C=O) groups excluding carboxylic acids is 2. The van der Waals surface area contributed by atoms with Crippen LogP contribution in [0.1, 0.15) is 28.5 Å². The maximum Gasteiger partial charge on any atom is 0.300 e. The van der Waals surface area contributed by atoms with Crippen molar-refractivity contribution in [1.29, 1.82) is 0 Å². The fourth-order valence-electron chi connectivity index (χ4n) is 3.64. The van der Waals surface area contributed by atoms with Crippen LogP contribution in [0.3, 0.4) is 0 Å². The minimum absolute atomic E-state index is 0.0211. The van der Waals surface area contributed by atoms with Gasteiger partial charge in [0.1, 0.15) is 17.6 Å². The number of nitrogens with zero attached hydrogens (tertiary/aromatic N) is 1. The summed E-state index contributed by atoms with van der Waals surface area (Å²) in [7, 11) is 0. The van der Waals surface area contributed by atoms with Crippen molar-refractivity contribution in [2.24, 2.45) is 0 Å². The number of Topliss-reactive ketones (excluding diaryl/α,β-unsaturated/α-hetero) is 1. The van der Waals surface area contributed by atoms with E-state index < -0.39 is 17.7 Å². The summed E-state index contributed by atoms with van der Waals surface area (Å²) in [5, 5.41) is 11.4. The lowest BCUT2D eigenvalue weighted by Crippen LogP contribution is -2.30. The Balaban J connectivity index is 1.94. The molecule has 2 aromatic carbocycles. The Morgan fingerprint density at radius 1 is 1.07 bits per heavy atom. The maximum absolute atomic E-state index is 13.0. The first-order valence-corrected chi connectivity index (χ1v) is 9.44. The van der Waals surface area contributed by atoms with Gasteiger partial charge in [0.2, 0.25) is 0 Å². The first-order valence-electron chi connectivity index (χ1n) is 9.06. The van der Waals surface area contributed by atoms with Gasteiger partial charge >= 0.3 is 0 Å². The van der Waals surface area contributed by atoms with Gasteiger partial charge in [-0.15, -0.1) is 0 Å². The molecule has 0 saturated carbocycles. The van der Waals surface area contributed by atoms with Crippen molar-refractivity contribution in [2.45, 2.75) is 19.9 Å². The summed E-state index contributed by atoms with van der Waals surface area (Å²) >= 11 is 5.93. The zero-order chi connectivity index (χ0) is 20.7. The van der Waals surface area contributed by atoms with Gasteiger partial charge in [0.05, 0.1) is 11.8 Å². The minimum Gasteiger partial charge on any atom is -0.507 e. The summed E-state index contributed by atoms with van der Waals surface area (Å²) in [6, 6.07) is 14.5. The van der Waals surface area contributed by atoms with Gasteiger partial charge in [0.25, 0.3) is 11.7 Å². The fourth-order valence-corrected chi connectivity index (χ4v) is 3.76. The predicted octanol–water partition coefficient (Wildman–Crippen LogP) is 5.18. The van der Waals surface area contributed by atoms with E-state index in [0.29, 0.717) is 22.0 Å². The Labute approximate surface area is 172 Å². The first kappa shape index (κ1) is 19.0. The van der Waals surface area contributed by atoms with Crippen molar-refractivity contribution in [1.82, 2.24) is 0 Å². The molecule has 1 aliphatic rings. The third-order valence-electron chi connectivity index (χ3n) is 4.99. The Bertz CT molecular complexity index is 1130. The van der Waals surface area contributed by atoms with Crippen LogP contribution in [0.2, 0.25) is 5.02 Å². The maximum atomic E-state index is 13.0. The van der Waals surface area contributed by atoms with E-state index in [4.69, 9.17) is 16.0 Å². The van der Waals surface area contributed by atoms with Gasteiger partial charge in [-0.2, -0.15) is 0 Å². The molecule has 3 aromatic rings. The van der Waals surface area contributed by atoms with Crippen LogP contribution in [0.4, 0.5) is 5.69 Å². The lowest BCUT2D eigenvalue weighted by molar-refractivity contribution is -0.132. The van der Waals surface area contributed by atoms with Crippen LogP contribution in [0.5, 0.6) is 0 Å². The zero-order valence-electron chi connectivity index (χ0n) is 15.8. The largest absolute Gasteiger partial charge is 0.507 e. The number of aliphatic hydroxyl groups excluding tert-OH is 1. The molecular formula is C23H18ClNO4. The van der Waals surface area contributed by atoms with Crippen molar-refractivity contribution >= 4 is 34.7 Å². The van der Waals surface area contributed by atoms with E-state index in [-0.39, 0.29) is 11.3 Å². The van der Waals surface area contributed by atoms with Crippen molar-refractivity contribution < 1.29 is 19.1 Å². The first-order chi connectivity index (χ1) is 13.9. The molecule has 4 rings (SSSR count). The van der Waals surface area contributed by atoms with Crippen LogP contribution in [-0.4, -0.2) is 16.8 Å². The number of amides is 1. The molecule has 2 heterocycles. The Morgan fingerprint density at radius 3 is 2.41 bits per heavy atom. The van der Waals surface area contributed by atoms with E-state index in [1.165, 1.54) is 11.2 Å². The predicted molar refractivity (Wildman–Crippen MR) is 111 cm³/mol. The minimum atomic E-state index is -0.873. The highest BCUT2D eigenvalue weighted by Crippen LogP contribution is 2.43. The molecular weight excluding hydrogens is 390 g/mol. The second-order valence-corrected chi connectivity index (χ2v) is 7.42. The molecule has 0 bridgehead atoms. The molecule has 1 amide bonds. The molecule has 1 aromatic heterocycles. The third-order valence-corrected chi connectivity index (χ3v) is 5.24. The second-order valence-electron chi connectivity index (χ2n) is 6.98. The van der Waals surface area contributed by atoms with E-state index in [1.54, 1.807) is 42.5 Å². The highest BCUT2D eigenvalue weighted by atomic mass is 35.5. The molecule has 1 unspecified atom stereocenters. The van der Waals surface area contributed by atoms with E-state index in [0.717, 1.165) is 11.1 Å². The number of anilines is 1. The van der Waals surface area contributed by atoms with E-state index in [2.05, 4.69) is 0 Å². The van der Waals surface area contributed by atoms with E-state index in [1.807, 2.05) is 26.0 Å². The second kappa shape index (κ2) is 7.26. The number of ketones is 1. The molecule has 6 heteroatoms. The smallest absolute Gasteiger partial charge is 0.300 e. The van der Waals surface area contributed by atoms with E-state index in [9.17, 15) is 14.7 Å². The van der Waals surface area contributed by atoms with Gasteiger partial charge in [0, 0.05) is 16.3 Å². The van der Waals surface area contributed by atoms with Crippen LogP contribution in [0, 0.1) is 13.8 Å². The quantitative estimate of drug-likeness (QED) is 0.369. The average Bonchev–Trinajstić information content (AvgIpc) is 3.30. The Morgan fingerprint density at radius 2 is 1.79 bits per heavy atom. The SMILES string of the molecule is Cc1ccc(N2C(=O)C(=O)/C(=C(\O)c3ccc(Cl)cc3)C2c2ccco2)c(C)c1. The van der Waals surface area contributed by atoms with Gasteiger partial charge in [-0.25, -0.2) is 0 Å². The number of hydrogen-bond donors (Lipinski definition) is 1. The number of rotatable bonds is 3. The molecule has 29 heavy (non-hydrogen) atoms. The number of carbonyl (C=O) groups is 2. The summed E-state index contributed by atoms with van der Waals surface area (Å²) in [6.07, 6.45) is 1.47. The topological polar surface area (TPSA) is 70.8 Å². The number of furan rings is 1. The van der Waals surface area contributed by atoms with Crippen LogP contribution in [0.25, 0.3) is 5.76 Å². The lowest BCUT2D eigenvalue weighted by atomic mass is 9.99. The number of benzene rings is 2. The summed E-state index contributed by atoms with van der Waals surface area (Å²) in [5.74, 6) is -1.36. The summed E-state index contributed by atoms with van der Waals surface area (Å²) in [4.78, 5) is 27.4. The number of aryl methyl sites for hydroxylation is 2. The normalized spacial score (nSPS) is 18.4. The molecule has 1 saturated heterocycles. The van der Waals surface area contributed by atoms with Gasteiger partial charge in [0.15, 0.2) is 0 Å². The molecule has 146 valence electrons. The lowest BCUT2D eigenvalue weighted by Gasteiger charge is -2.25. The van der Waals surface area contributed by atoms with Crippen molar-refractivity contribution in [2.75, 3.05) is 4.90 Å². The standard InChI is InChI=1S/C23H18ClNO4/c1-13-5-10-17(14(2)12-13)25-20(18-4-3-11-29-18)19(22(27)23(25)28)21(26)15-6-8-16(24)9-7-15/h3-12,20,26H,1-2H3/b21-19-. The summed E-state index contributed by atoms with van der Waals surface area (Å²) < 4.78 is 5.55. The number of hydrogen-bond acceptors (Lipinski definition) is 4. The van der Waals surface area contributed by atoms with Crippen molar-refractivity contribution in [3.05, 3.63) is 93.9 Å². The van der Waals surface area contributed by atoms with Crippen molar-refractivity contribution in [3.8, 4) is 0 Å². The molecule has 1 N–H and O–H groups in total. The van der Waals surface area contributed by atoms with Crippen LogP contribution < -0.4 is 4.90 Å². The molecule has 1 aliphatic heterocycles. The Kier molecular flexibility index (Phi) is 4.76. The average molecular weight is 408 g/mol. The highest BCUT2D eigenvalue weighted by molar-refractivity contribution is 6.51. The molecule has 1 fully saturated rings. The van der Waals surface area contributed by atoms with Gasteiger partial charge in [-0.1, -0.05) is 29.3 Å². The van der Waals surface area contributed by atoms with Crippen LogP contribution in [-0.2, 0) is 9.59 Å². The van der Waals surface area contributed by atoms with Crippen LogP contribution in [0.15, 0.2) is 70.9 Å². The van der Waals surface area contributed by atoms with E-state index >= 15 is 0 Å². The Hall–Kier alpha value is -3.31. The molecule has 0 radical (unpaired) electrons. The molecule has 0 spiro atoms. The zero-order valence-corrected chi connectivity index (χ0v) is 16.6. The van der Waals surface area contributed by atoms with Gasteiger partial charge in [-0.05, 0) is 61.9 Å². The van der Waals surface area contributed by atoms with Crippen LogP contribution >= 0.6 is 11.6 Å². The summed E-state index contributed by atoms with van der Waals surface area (Å²) in [5.41, 5.74) is 2.85. The van der Waals surface area contributed by atoms with Gasteiger partial charge in [-0.3, -0.25) is 14.5 Å². The molecule has 5 nitrogen and oxygen atoms in total.